The Hall–Kier alpha value is -1.66. The molecule has 6 heteroatoms. The smallest absolute Gasteiger partial charge is 0.404 e. The van der Waals surface area contributed by atoms with Crippen LogP contribution in [0.2, 0.25) is 0 Å². The van der Waals surface area contributed by atoms with E-state index in [-0.39, 0.29) is 28.9 Å². The number of hydrogen-bond acceptors (Lipinski definition) is 4. The van der Waals surface area contributed by atoms with Gasteiger partial charge in [0.2, 0.25) is 0 Å². The van der Waals surface area contributed by atoms with Gasteiger partial charge in [-0.1, -0.05) is 39.8 Å². The van der Waals surface area contributed by atoms with Gasteiger partial charge < -0.3 is 9.31 Å². The van der Waals surface area contributed by atoms with Gasteiger partial charge in [-0.05, 0) is 61.5 Å². The second kappa shape index (κ2) is 6.18. The van der Waals surface area contributed by atoms with E-state index in [2.05, 4.69) is 34.6 Å². The molecule has 5 atom stereocenters. The van der Waals surface area contributed by atoms with Crippen LogP contribution in [0.25, 0.3) is 0 Å². The fraction of sp³-hybridized carbons (Fsp3) is 0.652. The minimum atomic E-state index is -0.565. The monoisotopic (exact) mass is 395 g/mol. The third kappa shape index (κ3) is 2.54. The second-order valence-corrected chi connectivity index (χ2v) is 10.6. The zero-order valence-electron chi connectivity index (χ0n) is 18.0. The molecule has 3 aliphatic carbocycles. The first-order valence-electron chi connectivity index (χ1n) is 10.9. The first kappa shape index (κ1) is 19.3. The van der Waals surface area contributed by atoms with Crippen LogP contribution in [0.4, 0.5) is 0 Å². The summed E-state index contributed by atoms with van der Waals surface area (Å²) < 4.78 is 13.1. The van der Waals surface area contributed by atoms with E-state index in [0.717, 1.165) is 6.42 Å². The lowest BCUT2D eigenvalue weighted by Gasteiger charge is -2.64. The Labute approximate surface area is 173 Å². The highest BCUT2D eigenvalue weighted by Crippen LogP contribution is 2.65. The van der Waals surface area contributed by atoms with Crippen molar-refractivity contribution in [2.24, 2.45) is 23.2 Å². The van der Waals surface area contributed by atoms with E-state index in [4.69, 9.17) is 9.31 Å². The quantitative estimate of drug-likeness (QED) is 0.572. The molecule has 1 saturated heterocycles. The van der Waals surface area contributed by atoms with Crippen molar-refractivity contribution in [2.75, 3.05) is 0 Å². The van der Waals surface area contributed by atoms with Crippen molar-refractivity contribution in [3.05, 3.63) is 35.4 Å². The van der Waals surface area contributed by atoms with Crippen LogP contribution in [0.3, 0.4) is 0 Å². The highest BCUT2D eigenvalue weighted by Gasteiger charge is 2.69. The van der Waals surface area contributed by atoms with Gasteiger partial charge in [0.05, 0.1) is 28.8 Å². The molecule has 0 aromatic heterocycles. The van der Waals surface area contributed by atoms with Gasteiger partial charge in [-0.2, -0.15) is 0 Å². The van der Waals surface area contributed by atoms with Crippen LogP contribution < -0.4 is 0 Å². The predicted molar refractivity (Wildman–Crippen MR) is 110 cm³/mol. The summed E-state index contributed by atoms with van der Waals surface area (Å²) in [6, 6.07) is 7.07. The Morgan fingerprint density at radius 2 is 1.72 bits per heavy atom. The number of nitrogens with zero attached hydrogens (tertiary/aromatic N) is 1. The molecule has 4 fully saturated rings. The molecule has 0 spiro atoms. The van der Waals surface area contributed by atoms with Gasteiger partial charge in [0.25, 0.3) is 11.8 Å². The largest absolute Gasteiger partial charge is 0.482 e. The van der Waals surface area contributed by atoms with Gasteiger partial charge in [-0.15, -0.1) is 0 Å². The van der Waals surface area contributed by atoms with Gasteiger partial charge >= 0.3 is 7.12 Å². The Morgan fingerprint density at radius 1 is 1.10 bits per heavy atom. The summed E-state index contributed by atoms with van der Waals surface area (Å²) in [7, 11) is -0.565. The molecule has 2 bridgehead atoms. The second-order valence-electron chi connectivity index (χ2n) is 10.6. The van der Waals surface area contributed by atoms with Crippen LogP contribution >= 0.6 is 0 Å². The fourth-order valence-corrected chi connectivity index (χ4v) is 6.39. The molecule has 3 saturated carbocycles. The minimum Gasteiger partial charge on any atom is -0.404 e. The molecule has 5 nitrogen and oxygen atoms in total. The van der Waals surface area contributed by atoms with Crippen molar-refractivity contribution in [1.82, 2.24) is 4.90 Å². The SMILES string of the molecule is CC(C)C[C@@H](B1OC2CC3CC(C3(C)C)[C@]2(C)O1)N1C(=O)c2ccccc2C1=O. The van der Waals surface area contributed by atoms with Crippen molar-refractivity contribution in [2.45, 2.75) is 71.5 Å². The van der Waals surface area contributed by atoms with Crippen molar-refractivity contribution >= 4 is 18.9 Å². The minimum absolute atomic E-state index is 0.0362. The summed E-state index contributed by atoms with van der Waals surface area (Å²) in [6.07, 6.45) is 2.87. The fourth-order valence-electron chi connectivity index (χ4n) is 6.39. The Morgan fingerprint density at radius 3 is 2.28 bits per heavy atom. The molecule has 2 heterocycles. The Balaban J connectivity index is 1.46. The molecule has 6 rings (SSSR count). The van der Waals surface area contributed by atoms with Crippen molar-refractivity contribution in [1.29, 1.82) is 0 Å². The van der Waals surface area contributed by atoms with Gasteiger partial charge in [0.1, 0.15) is 0 Å². The Bertz CT molecular complexity index is 848. The third-order valence-electron chi connectivity index (χ3n) is 8.15. The highest BCUT2D eigenvalue weighted by molar-refractivity contribution is 6.49. The first-order chi connectivity index (χ1) is 13.6. The van der Waals surface area contributed by atoms with E-state index in [1.54, 1.807) is 24.3 Å². The standard InChI is InChI=1S/C23H30BNO4/c1-13(2)10-19(25-20(26)15-8-6-7-9-16(15)21(25)27)24-28-18-12-14-11-17(22(14,3)4)23(18,5)29-24/h6-9,13-14,17-19H,10-12H2,1-5H3/t14?,17?,18?,19-,23-/m0/s1. The topological polar surface area (TPSA) is 55.8 Å². The molecule has 1 aromatic carbocycles. The van der Waals surface area contributed by atoms with Crippen LogP contribution in [0.1, 0.15) is 74.6 Å². The highest BCUT2D eigenvalue weighted by atomic mass is 16.7. The maximum atomic E-state index is 13.2. The number of fused-ring (bicyclic) bond motifs is 1. The number of rotatable bonds is 4. The zero-order valence-corrected chi connectivity index (χ0v) is 18.0. The summed E-state index contributed by atoms with van der Waals surface area (Å²) in [5, 5.41) is 0. The summed E-state index contributed by atoms with van der Waals surface area (Å²) in [6.45, 7) is 11.1. The van der Waals surface area contributed by atoms with Crippen molar-refractivity contribution in [3.63, 3.8) is 0 Å². The van der Waals surface area contributed by atoms with Crippen LogP contribution in [0, 0.1) is 23.2 Å². The third-order valence-corrected chi connectivity index (χ3v) is 8.15. The van der Waals surface area contributed by atoms with Crippen molar-refractivity contribution in [3.8, 4) is 0 Å². The summed E-state index contributed by atoms with van der Waals surface area (Å²) >= 11 is 0. The number of carbonyl (C=O) groups excluding carboxylic acids is 2. The van der Waals surface area contributed by atoms with E-state index < -0.39 is 13.1 Å². The van der Waals surface area contributed by atoms with E-state index in [0.29, 0.717) is 35.3 Å². The van der Waals surface area contributed by atoms with E-state index in [1.165, 1.54) is 11.3 Å². The maximum absolute atomic E-state index is 13.2. The van der Waals surface area contributed by atoms with Gasteiger partial charge in [0, 0.05) is 0 Å². The zero-order chi connectivity index (χ0) is 20.7. The molecule has 0 N–H and O–H groups in total. The number of benzene rings is 1. The molecule has 1 aromatic rings. The molecular formula is C23H30BNO4. The lowest BCUT2D eigenvalue weighted by Crippen LogP contribution is -2.65. The molecule has 2 aliphatic heterocycles. The Kier molecular flexibility index (Phi) is 4.11. The number of carbonyl (C=O) groups is 2. The van der Waals surface area contributed by atoms with Gasteiger partial charge in [-0.25, -0.2) is 0 Å². The summed E-state index contributed by atoms with van der Waals surface area (Å²) in [4.78, 5) is 27.7. The summed E-state index contributed by atoms with van der Waals surface area (Å²) in [5.74, 6) is 0.546. The van der Waals surface area contributed by atoms with Gasteiger partial charge in [0.15, 0.2) is 0 Å². The van der Waals surface area contributed by atoms with Crippen molar-refractivity contribution < 1.29 is 18.9 Å². The number of hydrogen-bond donors (Lipinski definition) is 0. The van der Waals surface area contributed by atoms with Gasteiger partial charge in [-0.3, -0.25) is 14.5 Å². The average Bonchev–Trinajstić information content (AvgIpc) is 3.14. The molecule has 29 heavy (non-hydrogen) atoms. The number of imide groups is 1. The maximum Gasteiger partial charge on any atom is 0.482 e. The van der Waals surface area contributed by atoms with Crippen LogP contribution in [0.15, 0.2) is 24.3 Å². The molecule has 0 radical (unpaired) electrons. The lowest BCUT2D eigenvalue weighted by molar-refractivity contribution is -0.199. The van der Waals surface area contributed by atoms with E-state index >= 15 is 0 Å². The first-order valence-corrected chi connectivity index (χ1v) is 10.9. The van der Waals surface area contributed by atoms with E-state index in [1.807, 2.05) is 0 Å². The molecule has 5 aliphatic rings. The molecule has 3 unspecified atom stereocenters. The predicted octanol–water partition coefficient (Wildman–Crippen LogP) is 3.96. The normalized spacial score (nSPS) is 35.6. The van der Waals surface area contributed by atoms with Crippen LogP contribution in [-0.4, -0.2) is 41.5 Å². The molecular weight excluding hydrogens is 365 g/mol. The molecule has 2 amide bonds. The molecule has 154 valence electrons. The average molecular weight is 395 g/mol. The van der Waals surface area contributed by atoms with E-state index in [9.17, 15) is 9.59 Å². The lowest BCUT2D eigenvalue weighted by atomic mass is 9.43. The van der Waals surface area contributed by atoms with Crippen LogP contribution in [-0.2, 0) is 9.31 Å². The van der Waals surface area contributed by atoms with Crippen LogP contribution in [0.5, 0.6) is 0 Å². The summed E-state index contributed by atoms with van der Waals surface area (Å²) in [5.41, 5.74) is 0.871. The number of amides is 2.